The van der Waals surface area contributed by atoms with Gasteiger partial charge < -0.3 is 9.68 Å². The minimum Gasteiger partial charge on any atom is -0.313 e. The van der Waals surface area contributed by atoms with Gasteiger partial charge >= 0.3 is 0 Å². The van der Waals surface area contributed by atoms with Crippen molar-refractivity contribution in [1.82, 2.24) is 0 Å². The van der Waals surface area contributed by atoms with Gasteiger partial charge in [0.05, 0.1) is 0 Å². The molecule has 0 atom stereocenters. The summed E-state index contributed by atoms with van der Waals surface area (Å²) < 4.78 is 0. The van der Waals surface area contributed by atoms with Crippen LogP contribution in [0.3, 0.4) is 0 Å². The molecule has 0 heterocycles. The molecule has 0 N–H and O–H groups in total. The van der Waals surface area contributed by atoms with E-state index >= 15 is 0 Å². The van der Waals surface area contributed by atoms with Gasteiger partial charge in [0.1, 0.15) is 13.2 Å². The first kappa shape index (κ1) is 13.1. The Morgan fingerprint density at radius 3 is 1.57 bits per heavy atom. The molecule has 0 aromatic heterocycles. The zero-order valence-corrected chi connectivity index (χ0v) is 8.62. The van der Waals surface area contributed by atoms with Gasteiger partial charge in [-0.2, -0.15) is 0 Å². The van der Waals surface area contributed by atoms with Crippen LogP contribution in [-0.4, -0.2) is 34.9 Å². The lowest BCUT2D eigenvalue weighted by atomic mass is 10.9. The second-order valence-electron chi connectivity index (χ2n) is 1.76. The minimum atomic E-state index is -0.860. The van der Waals surface area contributed by atoms with E-state index in [1.165, 1.54) is 21.6 Å². The third-order valence-electron chi connectivity index (χ3n) is 0.810. The van der Waals surface area contributed by atoms with Crippen molar-refractivity contribution in [3.8, 4) is 0 Å². The summed E-state index contributed by atoms with van der Waals surface area (Å²) >= 11 is 0. The Morgan fingerprint density at radius 1 is 0.929 bits per heavy atom. The van der Waals surface area contributed by atoms with E-state index in [0.717, 1.165) is 0 Å². The van der Waals surface area contributed by atoms with Crippen molar-refractivity contribution in [3.63, 3.8) is 0 Å². The third-order valence-corrected chi connectivity index (χ3v) is 3.14. The van der Waals surface area contributed by atoms with Gasteiger partial charge in [0.2, 0.25) is 0 Å². The van der Waals surface area contributed by atoms with Crippen LogP contribution < -0.4 is 0 Å². The molecule has 0 bridgehead atoms. The number of hydrogen-bond acceptors (Lipinski definition) is 8. The number of rotatable bonds is 9. The zero-order chi connectivity index (χ0) is 10.8. The minimum absolute atomic E-state index is 0.0146. The molecule has 0 aliphatic heterocycles. The van der Waals surface area contributed by atoms with Crippen LogP contribution in [0.25, 0.3) is 0 Å². The molecular formula is C4H8N2O6S2. The molecule has 14 heavy (non-hydrogen) atoms. The van der Waals surface area contributed by atoms with Crippen LogP contribution in [0.5, 0.6) is 0 Å². The fourth-order valence-corrected chi connectivity index (χ4v) is 2.05. The molecular weight excluding hydrogens is 236 g/mol. The normalized spacial score (nSPS) is 9.43. The van der Waals surface area contributed by atoms with E-state index in [2.05, 4.69) is 9.68 Å². The van der Waals surface area contributed by atoms with Crippen molar-refractivity contribution in [3.05, 3.63) is 20.2 Å². The van der Waals surface area contributed by atoms with Gasteiger partial charge in [-0.15, -0.1) is 20.2 Å². The molecule has 82 valence electrons. The van der Waals surface area contributed by atoms with Crippen LogP contribution in [0.15, 0.2) is 0 Å². The largest absolute Gasteiger partial charge is 0.313 e. The molecule has 0 radical (unpaired) electrons. The number of hydrogen-bond donors (Lipinski definition) is 0. The van der Waals surface area contributed by atoms with Crippen molar-refractivity contribution < 1.29 is 19.8 Å². The molecule has 0 aromatic rings. The Kier molecular flexibility index (Phi) is 8.13. The maximum atomic E-state index is 9.68. The van der Waals surface area contributed by atoms with Crippen LogP contribution in [0.1, 0.15) is 0 Å². The summed E-state index contributed by atoms with van der Waals surface area (Å²) in [4.78, 5) is 27.4. The maximum Gasteiger partial charge on any atom is 0.294 e. The van der Waals surface area contributed by atoms with Gasteiger partial charge in [-0.1, -0.05) is 21.6 Å². The van der Waals surface area contributed by atoms with E-state index in [1.807, 2.05) is 0 Å². The van der Waals surface area contributed by atoms with Crippen LogP contribution in [0.4, 0.5) is 0 Å². The summed E-state index contributed by atoms with van der Waals surface area (Å²) in [5.41, 5.74) is 0. The Hall–Kier alpha value is -0.900. The highest BCUT2D eigenvalue weighted by Crippen LogP contribution is 2.19. The highest BCUT2D eigenvalue weighted by molar-refractivity contribution is 8.76. The van der Waals surface area contributed by atoms with Crippen LogP contribution in [-0.2, 0) is 9.68 Å². The fourth-order valence-electron chi connectivity index (χ4n) is 0.409. The molecule has 0 fully saturated rings. The van der Waals surface area contributed by atoms with Crippen molar-refractivity contribution in [2.75, 3.05) is 24.7 Å². The molecule has 0 aromatic carbocycles. The predicted octanol–water partition coefficient (Wildman–Crippen LogP) is 0.784. The number of nitrogens with zero attached hydrogens (tertiary/aromatic N) is 2. The fraction of sp³-hybridized carbons (Fsp3) is 1.00. The predicted molar refractivity (Wildman–Crippen MR) is 50.8 cm³/mol. The molecule has 0 unspecified atom stereocenters. The summed E-state index contributed by atoms with van der Waals surface area (Å²) in [5, 5.41) is 17.6. The van der Waals surface area contributed by atoms with E-state index in [-0.39, 0.29) is 13.2 Å². The van der Waals surface area contributed by atoms with Crippen LogP contribution in [0.2, 0.25) is 0 Å². The second kappa shape index (κ2) is 8.69. The van der Waals surface area contributed by atoms with E-state index in [4.69, 9.17) is 0 Å². The van der Waals surface area contributed by atoms with Gasteiger partial charge in [-0.3, -0.25) is 0 Å². The smallest absolute Gasteiger partial charge is 0.294 e. The summed E-state index contributed by atoms with van der Waals surface area (Å²) in [6.45, 7) is 0.0293. The average Bonchev–Trinajstić information content (AvgIpc) is 2.08. The summed E-state index contributed by atoms with van der Waals surface area (Å²) in [6, 6.07) is 0. The average molecular weight is 244 g/mol. The van der Waals surface area contributed by atoms with Crippen molar-refractivity contribution >= 4 is 21.6 Å². The summed E-state index contributed by atoms with van der Waals surface area (Å²) in [6.07, 6.45) is 0. The monoisotopic (exact) mass is 244 g/mol. The standard InChI is InChI=1S/C4H8N2O6S2/c7-5(8)11-1-3-13-14-4-2-12-6(9)10/h1-4H2. The molecule has 0 rings (SSSR count). The maximum absolute atomic E-state index is 9.68. The quantitative estimate of drug-likeness (QED) is 0.253. The Labute approximate surface area is 86.9 Å². The van der Waals surface area contributed by atoms with Gasteiger partial charge in [-0.05, 0) is 0 Å². The van der Waals surface area contributed by atoms with Crippen molar-refractivity contribution in [2.24, 2.45) is 0 Å². The molecule has 8 nitrogen and oxygen atoms in total. The molecule has 0 spiro atoms. The molecule has 0 aliphatic rings. The summed E-state index contributed by atoms with van der Waals surface area (Å²) in [7, 11) is 2.66. The molecule has 0 saturated carbocycles. The van der Waals surface area contributed by atoms with Gasteiger partial charge in [-0.25, -0.2) is 0 Å². The topological polar surface area (TPSA) is 105 Å². The Balaban J connectivity index is 2.99. The first-order valence-corrected chi connectivity index (χ1v) is 5.90. The lowest BCUT2D eigenvalue weighted by Gasteiger charge is -1.99. The van der Waals surface area contributed by atoms with Gasteiger partial charge in [0.25, 0.3) is 10.2 Å². The summed E-state index contributed by atoms with van der Waals surface area (Å²) in [5.74, 6) is 0.897. The first-order chi connectivity index (χ1) is 6.63. The van der Waals surface area contributed by atoms with Gasteiger partial charge in [0.15, 0.2) is 0 Å². The SMILES string of the molecule is O=[N+]([O-])OCCSSCCO[N+](=O)[O-]. The molecule has 0 saturated heterocycles. The third kappa shape index (κ3) is 11.1. The van der Waals surface area contributed by atoms with E-state index < -0.39 is 10.2 Å². The van der Waals surface area contributed by atoms with Crippen molar-refractivity contribution in [1.29, 1.82) is 0 Å². The van der Waals surface area contributed by atoms with E-state index in [0.29, 0.717) is 11.5 Å². The zero-order valence-electron chi connectivity index (χ0n) is 6.99. The highest BCUT2D eigenvalue weighted by Gasteiger charge is 1.97. The van der Waals surface area contributed by atoms with E-state index in [9.17, 15) is 20.2 Å². The Morgan fingerprint density at radius 2 is 1.29 bits per heavy atom. The lowest BCUT2D eigenvalue weighted by molar-refractivity contribution is -0.756. The molecule has 10 heteroatoms. The molecule has 0 amide bonds. The van der Waals surface area contributed by atoms with Crippen molar-refractivity contribution in [2.45, 2.75) is 0 Å². The van der Waals surface area contributed by atoms with E-state index in [1.54, 1.807) is 0 Å². The van der Waals surface area contributed by atoms with Crippen LogP contribution >= 0.6 is 21.6 Å². The lowest BCUT2D eigenvalue weighted by Crippen LogP contribution is -2.04. The molecule has 0 aliphatic carbocycles. The Bertz CT molecular complexity index is 171. The highest BCUT2D eigenvalue weighted by atomic mass is 33.1. The van der Waals surface area contributed by atoms with Gasteiger partial charge in [0, 0.05) is 11.5 Å². The van der Waals surface area contributed by atoms with Crippen LogP contribution in [0, 0.1) is 20.2 Å². The first-order valence-electron chi connectivity index (χ1n) is 3.42. The second-order valence-corrected chi connectivity index (χ2v) is 4.46.